The van der Waals surface area contributed by atoms with Crippen LogP contribution in [0.2, 0.25) is 0 Å². The lowest BCUT2D eigenvalue weighted by Gasteiger charge is -2.29. The summed E-state index contributed by atoms with van der Waals surface area (Å²) >= 11 is 0. The largest absolute Gasteiger partial charge is 0.393 e. The van der Waals surface area contributed by atoms with E-state index in [0.717, 1.165) is 42.6 Å². The highest BCUT2D eigenvalue weighted by atomic mass is 16.3. The molecule has 0 radical (unpaired) electrons. The molecule has 6 nitrogen and oxygen atoms in total. The predicted molar refractivity (Wildman–Crippen MR) is 88.9 cm³/mol. The number of anilines is 1. The topological polar surface area (TPSA) is 95.5 Å². The van der Waals surface area contributed by atoms with Gasteiger partial charge in [0.1, 0.15) is 0 Å². The number of hydrogen-bond acceptors (Lipinski definition) is 6. The van der Waals surface area contributed by atoms with Crippen LogP contribution in [0, 0.1) is 0 Å². The van der Waals surface area contributed by atoms with E-state index in [2.05, 4.69) is 14.9 Å². The molecule has 2 aromatic rings. The van der Waals surface area contributed by atoms with Crippen molar-refractivity contribution in [2.75, 3.05) is 24.5 Å². The fraction of sp³-hybridized carbons (Fsp3) is 0.412. The van der Waals surface area contributed by atoms with E-state index in [-0.39, 0.29) is 12.6 Å². The van der Waals surface area contributed by atoms with Gasteiger partial charge < -0.3 is 20.8 Å². The minimum Gasteiger partial charge on any atom is -0.393 e. The number of hydrogen-bond donors (Lipinski definition) is 3. The number of nitrogens with zero attached hydrogens (tertiary/aromatic N) is 3. The normalized spacial score (nSPS) is 17.3. The molecule has 2 heterocycles. The summed E-state index contributed by atoms with van der Waals surface area (Å²) in [6.45, 7) is 1.75. The second-order valence-electron chi connectivity index (χ2n) is 5.87. The van der Waals surface area contributed by atoms with Gasteiger partial charge in [0.05, 0.1) is 12.2 Å². The molecule has 4 N–H and O–H groups in total. The van der Waals surface area contributed by atoms with E-state index in [1.54, 1.807) is 12.4 Å². The number of benzene rings is 1. The van der Waals surface area contributed by atoms with Crippen LogP contribution >= 0.6 is 0 Å². The third kappa shape index (κ3) is 3.67. The summed E-state index contributed by atoms with van der Waals surface area (Å²) < 4.78 is 0. The van der Waals surface area contributed by atoms with Crippen molar-refractivity contribution >= 4 is 5.95 Å². The van der Waals surface area contributed by atoms with Crippen LogP contribution in [-0.4, -0.2) is 45.9 Å². The minimum atomic E-state index is -0.657. The fourth-order valence-electron chi connectivity index (χ4n) is 2.76. The average Bonchev–Trinajstić information content (AvgIpc) is 2.62. The number of aliphatic hydroxyl groups excluding tert-OH is 2. The van der Waals surface area contributed by atoms with Gasteiger partial charge in [0.15, 0.2) is 0 Å². The van der Waals surface area contributed by atoms with Crippen LogP contribution in [0.3, 0.4) is 0 Å². The van der Waals surface area contributed by atoms with Crippen molar-refractivity contribution in [2.45, 2.75) is 25.0 Å². The number of aromatic nitrogens is 2. The number of rotatable bonds is 4. The summed E-state index contributed by atoms with van der Waals surface area (Å²) in [5, 5.41) is 19.4. The molecule has 3 rings (SSSR count). The third-order valence-electron chi connectivity index (χ3n) is 4.21. The average molecular weight is 314 g/mol. The van der Waals surface area contributed by atoms with Crippen molar-refractivity contribution in [2.24, 2.45) is 5.73 Å². The van der Waals surface area contributed by atoms with Gasteiger partial charge in [-0.2, -0.15) is 0 Å². The Balaban J connectivity index is 1.77. The first-order chi connectivity index (χ1) is 11.2. The second kappa shape index (κ2) is 7.04. The molecular weight excluding hydrogens is 292 g/mol. The first-order valence-corrected chi connectivity index (χ1v) is 7.91. The first-order valence-electron chi connectivity index (χ1n) is 7.91. The smallest absolute Gasteiger partial charge is 0.225 e. The standard InChI is InChI=1S/C17H22N4O2/c18-9-16(23)13-3-1-2-12(8-13)14-10-19-17(20-11-14)21-6-4-15(22)5-7-21/h1-3,8,10-11,15-16,22-23H,4-7,9,18H2/t16-/m0/s1. The Bertz CT molecular complexity index is 639. The molecule has 0 aliphatic carbocycles. The van der Waals surface area contributed by atoms with Gasteiger partial charge in [-0.25, -0.2) is 9.97 Å². The number of nitrogens with two attached hydrogens (primary N) is 1. The van der Waals surface area contributed by atoms with E-state index in [9.17, 15) is 10.2 Å². The van der Waals surface area contributed by atoms with Crippen LogP contribution in [0.1, 0.15) is 24.5 Å². The SMILES string of the molecule is NC[C@H](O)c1cccc(-c2cnc(N3CCC(O)CC3)nc2)c1. The Morgan fingerprint density at radius 1 is 1.17 bits per heavy atom. The fourth-order valence-corrected chi connectivity index (χ4v) is 2.76. The van der Waals surface area contributed by atoms with Gasteiger partial charge in [0, 0.05) is 37.6 Å². The minimum absolute atomic E-state index is 0.194. The lowest BCUT2D eigenvalue weighted by molar-refractivity contribution is 0.145. The Hall–Kier alpha value is -2.02. The zero-order chi connectivity index (χ0) is 16.2. The van der Waals surface area contributed by atoms with Crippen molar-refractivity contribution in [3.63, 3.8) is 0 Å². The second-order valence-corrected chi connectivity index (χ2v) is 5.87. The Kier molecular flexibility index (Phi) is 4.85. The molecule has 6 heteroatoms. The van der Waals surface area contributed by atoms with Crippen molar-refractivity contribution in [1.82, 2.24) is 9.97 Å². The van der Waals surface area contributed by atoms with Crippen LogP contribution in [0.4, 0.5) is 5.95 Å². The van der Waals surface area contributed by atoms with Crippen molar-refractivity contribution in [1.29, 1.82) is 0 Å². The quantitative estimate of drug-likeness (QED) is 0.782. The summed E-state index contributed by atoms with van der Waals surface area (Å²) in [4.78, 5) is 11.0. The van der Waals surface area contributed by atoms with Gasteiger partial charge in [-0.05, 0) is 30.0 Å². The lowest BCUT2D eigenvalue weighted by atomic mass is 10.0. The molecule has 0 saturated carbocycles. The van der Waals surface area contributed by atoms with Gasteiger partial charge in [-0.15, -0.1) is 0 Å². The van der Waals surface area contributed by atoms with E-state index in [0.29, 0.717) is 5.95 Å². The summed E-state index contributed by atoms with van der Waals surface area (Å²) in [5.74, 6) is 0.693. The maximum absolute atomic E-state index is 9.85. The van der Waals surface area contributed by atoms with Crippen molar-refractivity contribution in [3.05, 3.63) is 42.2 Å². The van der Waals surface area contributed by atoms with Crippen molar-refractivity contribution in [3.8, 4) is 11.1 Å². The predicted octanol–water partition coefficient (Wildman–Crippen LogP) is 1.10. The molecule has 1 atom stereocenters. The molecule has 1 aliphatic heterocycles. The summed E-state index contributed by atoms with van der Waals surface area (Å²) in [5.41, 5.74) is 8.15. The molecule has 0 amide bonds. The van der Waals surface area contributed by atoms with Crippen LogP contribution in [0.15, 0.2) is 36.7 Å². The Labute approximate surface area is 135 Å². The highest BCUT2D eigenvalue weighted by Gasteiger charge is 2.19. The summed E-state index contributed by atoms with van der Waals surface area (Å²) in [6.07, 6.45) is 4.23. The van der Waals surface area contributed by atoms with E-state index in [1.165, 1.54) is 0 Å². The van der Waals surface area contributed by atoms with Crippen LogP contribution < -0.4 is 10.6 Å². The van der Waals surface area contributed by atoms with Crippen LogP contribution in [0.5, 0.6) is 0 Å². The molecular formula is C17H22N4O2. The Morgan fingerprint density at radius 3 is 2.52 bits per heavy atom. The summed E-state index contributed by atoms with van der Waals surface area (Å²) in [6, 6.07) is 7.62. The van der Waals surface area contributed by atoms with Gasteiger partial charge in [0.2, 0.25) is 5.95 Å². The molecule has 0 bridgehead atoms. The molecule has 1 fully saturated rings. The molecule has 122 valence electrons. The van der Waals surface area contributed by atoms with Gasteiger partial charge in [-0.1, -0.05) is 18.2 Å². The number of piperidine rings is 1. The first kappa shape index (κ1) is 15.9. The van der Waals surface area contributed by atoms with E-state index in [4.69, 9.17) is 5.73 Å². The maximum Gasteiger partial charge on any atom is 0.225 e. The number of aliphatic hydroxyl groups is 2. The molecule has 1 aliphatic rings. The zero-order valence-electron chi connectivity index (χ0n) is 13.0. The highest BCUT2D eigenvalue weighted by Crippen LogP contribution is 2.23. The van der Waals surface area contributed by atoms with E-state index in [1.807, 2.05) is 24.3 Å². The molecule has 1 saturated heterocycles. The van der Waals surface area contributed by atoms with Gasteiger partial charge in [0.25, 0.3) is 0 Å². The highest BCUT2D eigenvalue weighted by molar-refractivity contribution is 5.63. The molecule has 0 unspecified atom stereocenters. The van der Waals surface area contributed by atoms with Crippen LogP contribution in [-0.2, 0) is 0 Å². The third-order valence-corrected chi connectivity index (χ3v) is 4.21. The van der Waals surface area contributed by atoms with Crippen LogP contribution in [0.25, 0.3) is 11.1 Å². The van der Waals surface area contributed by atoms with Gasteiger partial charge in [-0.3, -0.25) is 0 Å². The Morgan fingerprint density at radius 2 is 1.87 bits per heavy atom. The zero-order valence-corrected chi connectivity index (χ0v) is 13.0. The van der Waals surface area contributed by atoms with E-state index >= 15 is 0 Å². The van der Waals surface area contributed by atoms with Gasteiger partial charge >= 0.3 is 0 Å². The monoisotopic (exact) mass is 314 g/mol. The van der Waals surface area contributed by atoms with E-state index < -0.39 is 6.10 Å². The summed E-state index contributed by atoms with van der Waals surface area (Å²) in [7, 11) is 0. The molecule has 1 aromatic heterocycles. The molecule has 1 aromatic carbocycles. The van der Waals surface area contributed by atoms with Crippen molar-refractivity contribution < 1.29 is 10.2 Å². The molecule has 23 heavy (non-hydrogen) atoms. The lowest BCUT2D eigenvalue weighted by Crippen LogP contribution is -2.36. The maximum atomic E-state index is 9.85. The molecule has 0 spiro atoms.